The van der Waals surface area contributed by atoms with Gasteiger partial charge in [-0.25, -0.2) is 0 Å². The molecule has 1 aliphatic heterocycles. The number of nitrogens with zero attached hydrogens (tertiary/aromatic N) is 1. The predicted molar refractivity (Wildman–Crippen MR) is 92.4 cm³/mol. The van der Waals surface area contributed by atoms with Gasteiger partial charge in [0, 0.05) is 30.7 Å². The fraction of sp³-hybridized carbons (Fsp3) is 0.556. The van der Waals surface area contributed by atoms with Crippen LogP contribution in [0.5, 0.6) is 0 Å². The predicted octanol–water partition coefficient (Wildman–Crippen LogP) is 1.82. The van der Waals surface area contributed by atoms with E-state index in [-0.39, 0.29) is 24.2 Å². The zero-order valence-electron chi connectivity index (χ0n) is 14.7. The van der Waals surface area contributed by atoms with Gasteiger partial charge in [0.15, 0.2) is 0 Å². The molecule has 0 spiro atoms. The molecule has 1 unspecified atom stereocenters. The Kier molecular flexibility index (Phi) is 4.80. The second-order valence-corrected chi connectivity index (χ2v) is 7.36. The Morgan fingerprint density at radius 2 is 1.87 bits per heavy atom. The molecular formula is C18H27N3O2. The van der Waals surface area contributed by atoms with Crippen LogP contribution in [0.3, 0.4) is 0 Å². The molecule has 1 saturated heterocycles. The zero-order chi connectivity index (χ0) is 17.4. The Morgan fingerprint density at radius 1 is 1.30 bits per heavy atom. The molecule has 5 heteroatoms. The van der Waals surface area contributed by atoms with Crippen LogP contribution in [-0.2, 0) is 9.59 Å². The Balaban J connectivity index is 2.13. The molecule has 5 nitrogen and oxygen atoms in total. The van der Waals surface area contributed by atoms with Crippen molar-refractivity contribution >= 4 is 17.5 Å². The maximum absolute atomic E-state index is 12.4. The molecule has 1 atom stereocenters. The van der Waals surface area contributed by atoms with E-state index in [9.17, 15) is 9.59 Å². The second-order valence-electron chi connectivity index (χ2n) is 7.36. The molecule has 1 aromatic carbocycles. The summed E-state index contributed by atoms with van der Waals surface area (Å²) in [6.45, 7) is 10.6. The highest BCUT2D eigenvalue weighted by Crippen LogP contribution is 2.31. The van der Waals surface area contributed by atoms with Crippen LogP contribution in [0.25, 0.3) is 0 Å². The molecule has 0 aliphatic carbocycles. The number of amides is 2. The molecule has 126 valence electrons. The third kappa shape index (κ3) is 4.10. The van der Waals surface area contributed by atoms with Gasteiger partial charge in [-0.3, -0.25) is 9.59 Å². The Bertz CT molecular complexity index is 609. The second kappa shape index (κ2) is 6.32. The number of carbonyl (C=O) groups is 2. The SMILES string of the molecule is Cc1cc(C)c(N2CC(C(=O)NCC(C)(C)N)CC2=O)c(C)c1. The summed E-state index contributed by atoms with van der Waals surface area (Å²) >= 11 is 0. The van der Waals surface area contributed by atoms with Crippen molar-refractivity contribution in [3.05, 3.63) is 28.8 Å². The molecule has 0 radical (unpaired) electrons. The average Bonchev–Trinajstić information content (AvgIpc) is 2.76. The number of nitrogens with one attached hydrogen (secondary N) is 1. The summed E-state index contributed by atoms with van der Waals surface area (Å²) in [5.41, 5.74) is 9.69. The number of hydrogen-bond donors (Lipinski definition) is 2. The summed E-state index contributed by atoms with van der Waals surface area (Å²) in [5, 5.41) is 2.85. The van der Waals surface area contributed by atoms with Crippen LogP contribution in [0.1, 0.15) is 37.0 Å². The van der Waals surface area contributed by atoms with Crippen LogP contribution >= 0.6 is 0 Å². The highest BCUT2D eigenvalue weighted by Gasteiger charge is 2.36. The first-order valence-electron chi connectivity index (χ1n) is 8.03. The molecule has 2 amide bonds. The Hall–Kier alpha value is -1.88. The van der Waals surface area contributed by atoms with Crippen molar-refractivity contribution in [3.8, 4) is 0 Å². The first-order valence-corrected chi connectivity index (χ1v) is 8.03. The monoisotopic (exact) mass is 317 g/mol. The van der Waals surface area contributed by atoms with Gasteiger partial charge < -0.3 is 16.0 Å². The van der Waals surface area contributed by atoms with Gasteiger partial charge in [-0.2, -0.15) is 0 Å². The lowest BCUT2D eigenvalue weighted by atomic mass is 10.0. The van der Waals surface area contributed by atoms with Gasteiger partial charge in [-0.1, -0.05) is 17.7 Å². The van der Waals surface area contributed by atoms with Gasteiger partial charge in [0.1, 0.15) is 0 Å². The minimum atomic E-state index is -0.456. The van der Waals surface area contributed by atoms with Crippen LogP contribution in [-0.4, -0.2) is 30.4 Å². The van der Waals surface area contributed by atoms with Gasteiger partial charge in [-0.05, 0) is 45.7 Å². The number of hydrogen-bond acceptors (Lipinski definition) is 3. The van der Waals surface area contributed by atoms with E-state index in [0.29, 0.717) is 13.1 Å². The summed E-state index contributed by atoms with van der Waals surface area (Å²) in [7, 11) is 0. The maximum Gasteiger partial charge on any atom is 0.227 e. The van der Waals surface area contributed by atoms with E-state index in [4.69, 9.17) is 5.73 Å². The fourth-order valence-electron chi connectivity index (χ4n) is 3.16. The van der Waals surface area contributed by atoms with Crippen molar-refractivity contribution in [2.45, 2.75) is 46.6 Å². The highest BCUT2D eigenvalue weighted by atomic mass is 16.2. The van der Waals surface area contributed by atoms with Crippen molar-refractivity contribution in [1.82, 2.24) is 5.32 Å². The molecule has 1 aliphatic rings. The van der Waals surface area contributed by atoms with Crippen LogP contribution in [0.15, 0.2) is 12.1 Å². The molecule has 1 fully saturated rings. The number of anilines is 1. The van der Waals surface area contributed by atoms with Gasteiger partial charge in [0.25, 0.3) is 0 Å². The molecule has 1 heterocycles. The molecule has 2 rings (SSSR count). The van der Waals surface area contributed by atoms with E-state index in [1.807, 2.05) is 34.6 Å². The molecule has 0 aromatic heterocycles. The normalized spacial score (nSPS) is 18.4. The molecule has 0 saturated carbocycles. The lowest BCUT2D eigenvalue weighted by Gasteiger charge is -2.23. The average molecular weight is 317 g/mol. The largest absolute Gasteiger partial charge is 0.354 e. The molecular weight excluding hydrogens is 290 g/mol. The van der Waals surface area contributed by atoms with Crippen molar-refractivity contribution in [3.63, 3.8) is 0 Å². The summed E-state index contributed by atoms with van der Waals surface area (Å²) < 4.78 is 0. The topological polar surface area (TPSA) is 75.4 Å². The van der Waals surface area contributed by atoms with Crippen molar-refractivity contribution in [2.75, 3.05) is 18.0 Å². The minimum Gasteiger partial charge on any atom is -0.354 e. The van der Waals surface area contributed by atoms with E-state index in [1.54, 1.807) is 4.90 Å². The third-order valence-electron chi connectivity index (χ3n) is 4.12. The van der Waals surface area contributed by atoms with Gasteiger partial charge in [-0.15, -0.1) is 0 Å². The first-order chi connectivity index (χ1) is 10.6. The smallest absolute Gasteiger partial charge is 0.227 e. The van der Waals surface area contributed by atoms with Crippen LogP contribution < -0.4 is 16.0 Å². The molecule has 1 aromatic rings. The van der Waals surface area contributed by atoms with Gasteiger partial charge in [0.2, 0.25) is 11.8 Å². The summed E-state index contributed by atoms with van der Waals surface area (Å²) in [6.07, 6.45) is 0.254. The number of benzene rings is 1. The van der Waals surface area contributed by atoms with Gasteiger partial charge >= 0.3 is 0 Å². The Morgan fingerprint density at radius 3 is 2.39 bits per heavy atom. The fourth-order valence-corrected chi connectivity index (χ4v) is 3.16. The number of nitrogens with two attached hydrogens (primary N) is 1. The minimum absolute atomic E-state index is 0.00668. The first kappa shape index (κ1) is 17.5. The molecule has 0 bridgehead atoms. The number of aryl methyl sites for hydroxylation is 3. The summed E-state index contributed by atoms with van der Waals surface area (Å²) in [5.74, 6) is -0.404. The van der Waals surface area contributed by atoms with E-state index in [2.05, 4.69) is 17.4 Å². The third-order valence-corrected chi connectivity index (χ3v) is 4.12. The lowest BCUT2D eigenvalue weighted by molar-refractivity contribution is -0.126. The van der Waals surface area contributed by atoms with E-state index in [0.717, 1.165) is 16.8 Å². The molecule has 3 N–H and O–H groups in total. The number of carbonyl (C=O) groups excluding carboxylic acids is 2. The van der Waals surface area contributed by atoms with Crippen molar-refractivity contribution < 1.29 is 9.59 Å². The van der Waals surface area contributed by atoms with Crippen LogP contribution in [0, 0.1) is 26.7 Å². The van der Waals surface area contributed by atoms with E-state index in [1.165, 1.54) is 5.56 Å². The number of rotatable bonds is 4. The quantitative estimate of drug-likeness (QED) is 0.889. The standard InChI is InChI=1S/C18H27N3O2/c1-11-6-12(2)16(13(3)7-11)21-9-14(8-15(21)22)17(23)20-10-18(4,5)19/h6-7,14H,8-10,19H2,1-5H3,(H,20,23). The Labute approximate surface area is 138 Å². The summed E-state index contributed by atoms with van der Waals surface area (Å²) in [6, 6.07) is 4.14. The van der Waals surface area contributed by atoms with Gasteiger partial charge in [0.05, 0.1) is 5.92 Å². The highest BCUT2D eigenvalue weighted by molar-refractivity contribution is 6.01. The van der Waals surface area contributed by atoms with Crippen LogP contribution in [0.2, 0.25) is 0 Å². The van der Waals surface area contributed by atoms with Crippen molar-refractivity contribution in [1.29, 1.82) is 0 Å². The molecule has 23 heavy (non-hydrogen) atoms. The van der Waals surface area contributed by atoms with Crippen LogP contribution in [0.4, 0.5) is 5.69 Å². The van der Waals surface area contributed by atoms with Crippen molar-refractivity contribution in [2.24, 2.45) is 11.7 Å². The summed E-state index contributed by atoms with van der Waals surface area (Å²) in [4.78, 5) is 26.4. The maximum atomic E-state index is 12.4. The van der Waals surface area contributed by atoms with E-state index < -0.39 is 5.54 Å². The van der Waals surface area contributed by atoms with E-state index >= 15 is 0 Å². The lowest BCUT2D eigenvalue weighted by Crippen LogP contribution is -2.46. The zero-order valence-corrected chi connectivity index (χ0v) is 14.7.